The van der Waals surface area contributed by atoms with Crippen molar-refractivity contribution in [2.45, 2.75) is 67.9 Å². The normalized spacial score (nSPS) is 16.1. The molecule has 2 aromatic rings. The van der Waals surface area contributed by atoms with Gasteiger partial charge in [0.2, 0.25) is 9.84 Å². The molecular weight excluding hydrogens is 535 g/mol. The Morgan fingerprint density at radius 1 is 0.759 bits per heavy atom. The van der Waals surface area contributed by atoms with Crippen LogP contribution in [0.5, 0.6) is 11.5 Å². The minimum Gasteiger partial charge on any atom is -0.611 e. The maximum atomic E-state index is 13.9. The minimum atomic E-state index is -3.88. The van der Waals surface area contributed by atoms with Gasteiger partial charge in [-0.1, -0.05) is 73.4 Å². The van der Waals surface area contributed by atoms with E-state index in [1.165, 1.54) is 0 Å². The molecule has 156 valence electrons. The molecule has 0 fully saturated rings. The molecular formula is C21H25AlBr2O4S. The summed E-state index contributed by atoms with van der Waals surface area (Å²) in [7, 11) is -3.88. The predicted molar refractivity (Wildman–Crippen MR) is 124 cm³/mol. The molecule has 0 saturated heterocycles. The van der Waals surface area contributed by atoms with Gasteiger partial charge in [0.1, 0.15) is 21.3 Å². The Morgan fingerprint density at radius 2 is 1.10 bits per heavy atom. The van der Waals surface area contributed by atoms with E-state index in [4.69, 9.17) is 7.58 Å². The van der Waals surface area contributed by atoms with Gasteiger partial charge in [0, 0.05) is 8.95 Å². The number of sulfone groups is 1. The third kappa shape index (κ3) is 4.43. The monoisotopic (exact) mass is 558 g/mol. The second-order valence-corrected chi connectivity index (χ2v) is 14.7. The Labute approximate surface area is 195 Å². The van der Waals surface area contributed by atoms with Gasteiger partial charge >= 0.3 is 14.8 Å². The van der Waals surface area contributed by atoms with Crippen molar-refractivity contribution in [2.75, 3.05) is 0 Å². The molecule has 0 saturated carbocycles. The first kappa shape index (κ1) is 23.2. The second kappa shape index (κ2) is 7.56. The van der Waals surface area contributed by atoms with Gasteiger partial charge in [0.25, 0.3) is 0 Å². The van der Waals surface area contributed by atoms with E-state index in [0.717, 1.165) is 11.1 Å². The van der Waals surface area contributed by atoms with Crippen molar-refractivity contribution in [2.24, 2.45) is 0 Å². The van der Waals surface area contributed by atoms with Gasteiger partial charge in [-0.15, -0.1) is 0 Å². The highest BCUT2D eigenvalue weighted by atomic mass is 79.9. The van der Waals surface area contributed by atoms with E-state index in [9.17, 15) is 8.42 Å². The molecule has 0 spiro atoms. The number of halogens is 2. The van der Waals surface area contributed by atoms with Gasteiger partial charge in [-0.05, 0) is 52.0 Å². The van der Waals surface area contributed by atoms with Gasteiger partial charge in [0.05, 0.1) is 0 Å². The molecule has 2 aromatic carbocycles. The highest BCUT2D eigenvalue weighted by molar-refractivity contribution is 9.10. The smallest absolute Gasteiger partial charge is 0.611 e. The van der Waals surface area contributed by atoms with E-state index in [2.05, 4.69) is 31.9 Å². The molecule has 3 rings (SSSR count). The maximum Gasteiger partial charge on any atom is 0.853 e. The highest BCUT2D eigenvalue weighted by Crippen LogP contribution is 2.47. The van der Waals surface area contributed by atoms with E-state index in [1.807, 2.05) is 59.5 Å². The largest absolute Gasteiger partial charge is 0.853 e. The fraction of sp³-hybridized carbons (Fsp3) is 0.429. The first-order valence-corrected chi connectivity index (χ1v) is 14.6. The van der Waals surface area contributed by atoms with Crippen LogP contribution in [0.15, 0.2) is 43.0 Å². The number of benzene rings is 2. The van der Waals surface area contributed by atoms with Gasteiger partial charge < -0.3 is 7.58 Å². The van der Waals surface area contributed by atoms with Crippen LogP contribution in [0, 0.1) is 0 Å². The first-order valence-electron chi connectivity index (χ1n) is 9.39. The van der Waals surface area contributed by atoms with Crippen molar-refractivity contribution in [3.63, 3.8) is 0 Å². The summed E-state index contributed by atoms with van der Waals surface area (Å²) in [6, 6.07) is 7.13. The molecule has 0 atom stereocenters. The molecule has 29 heavy (non-hydrogen) atoms. The average Bonchev–Trinajstić information content (AvgIpc) is 2.54. The van der Waals surface area contributed by atoms with Crippen LogP contribution in [0.25, 0.3) is 0 Å². The molecule has 0 aromatic heterocycles. The van der Waals surface area contributed by atoms with Gasteiger partial charge in [-0.25, -0.2) is 8.42 Å². The van der Waals surface area contributed by atoms with Crippen LogP contribution in [0.2, 0.25) is 5.79 Å². The van der Waals surface area contributed by atoms with Crippen molar-refractivity contribution < 1.29 is 16.0 Å². The summed E-state index contributed by atoms with van der Waals surface area (Å²) in [5.74, 6) is 2.74. The average molecular weight is 560 g/mol. The highest BCUT2D eigenvalue weighted by Gasteiger charge is 2.40. The van der Waals surface area contributed by atoms with E-state index < -0.39 is 24.7 Å². The SMILES string of the molecule is [CH3][Al]1[O]c2c(C(C)(C)C)cc(Br)cc2S(=O)(=O)c2cc(Br)cc(C(C)(C)C)c2[O]1. The zero-order chi connectivity index (χ0) is 21.9. The van der Waals surface area contributed by atoms with E-state index >= 15 is 0 Å². The number of rotatable bonds is 0. The van der Waals surface area contributed by atoms with Crippen LogP contribution >= 0.6 is 31.9 Å². The van der Waals surface area contributed by atoms with Gasteiger partial charge in [0.15, 0.2) is 0 Å². The van der Waals surface area contributed by atoms with Crippen molar-refractivity contribution in [3.8, 4) is 11.5 Å². The molecule has 1 aliphatic heterocycles. The fourth-order valence-electron chi connectivity index (χ4n) is 3.37. The summed E-state index contributed by atoms with van der Waals surface area (Å²) >= 11 is 4.77. The lowest BCUT2D eigenvalue weighted by atomic mass is 9.86. The third-order valence-electron chi connectivity index (χ3n) is 4.80. The van der Waals surface area contributed by atoms with Gasteiger partial charge in [-0.2, -0.15) is 0 Å². The lowest BCUT2D eigenvalue weighted by Gasteiger charge is -2.32. The van der Waals surface area contributed by atoms with Crippen molar-refractivity contribution in [1.82, 2.24) is 0 Å². The van der Waals surface area contributed by atoms with Crippen LogP contribution in [0.4, 0.5) is 0 Å². The summed E-state index contributed by atoms with van der Waals surface area (Å²) in [6.45, 7) is 12.2. The summed E-state index contributed by atoms with van der Waals surface area (Å²) in [4.78, 5) is 0.359. The summed E-state index contributed by atoms with van der Waals surface area (Å²) in [5, 5.41) is 0. The van der Waals surface area contributed by atoms with E-state index in [0.29, 0.717) is 20.4 Å². The second-order valence-electron chi connectivity index (χ2n) is 9.37. The first-order chi connectivity index (χ1) is 13.1. The van der Waals surface area contributed by atoms with Crippen molar-refractivity contribution in [3.05, 3.63) is 44.3 Å². The molecule has 0 aliphatic carbocycles. The zero-order valence-corrected chi connectivity index (χ0v) is 22.8. The lowest BCUT2D eigenvalue weighted by Crippen LogP contribution is -2.32. The predicted octanol–water partition coefficient (Wildman–Crippen LogP) is 6.53. The standard InChI is InChI=1S/C20H24Br2O4S.CH3.Al/c1-19(2,3)13-7-11(21)9-15(17(13)23)27(25,26)16-10-12(22)8-14(18(16)24)20(4,5)6;;/h7-10,23-24H,1-6H3;1H3;/q;;+2/p-2. The molecule has 8 heteroatoms. The molecule has 4 nitrogen and oxygen atoms in total. The Morgan fingerprint density at radius 3 is 1.41 bits per heavy atom. The van der Waals surface area contributed by atoms with Crippen molar-refractivity contribution in [1.29, 1.82) is 0 Å². The van der Waals surface area contributed by atoms with Crippen LogP contribution < -0.4 is 7.58 Å². The zero-order valence-electron chi connectivity index (χ0n) is 17.7. The Balaban J connectivity index is 2.46. The summed E-state index contributed by atoms with van der Waals surface area (Å²) < 4.78 is 41.6. The van der Waals surface area contributed by atoms with E-state index in [-0.39, 0.29) is 20.6 Å². The third-order valence-corrected chi connectivity index (χ3v) is 8.62. The molecule has 1 aliphatic rings. The van der Waals surface area contributed by atoms with Crippen molar-refractivity contribution >= 4 is 56.5 Å². The number of fused-ring (bicyclic) bond motifs is 2. The summed E-state index contributed by atoms with van der Waals surface area (Å²) in [6.07, 6.45) is 0. The molecule has 0 bridgehead atoms. The van der Waals surface area contributed by atoms with Crippen LogP contribution in [0.3, 0.4) is 0 Å². The number of hydrogen-bond acceptors (Lipinski definition) is 4. The molecule has 0 amide bonds. The molecule has 0 unspecified atom stereocenters. The molecule has 1 heterocycles. The topological polar surface area (TPSA) is 52.6 Å². The Bertz CT molecular complexity index is 1000. The Hall–Kier alpha value is -0.518. The van der Waals surface area contributed by atoms with Crippen LogP contribution in [-0.2, 0) is 20.7 Å². The minimum absolute atomic E-state index is 0.179. The van der Waals surface area contributed by atoms with Gasteiger partial charge in [-0.3, -0.25) is 0 Å². The van der Waals surface area contributed by atoms with Crippen LogP contribution in [0.1, 0.15) is 52.7 Å². The van der Waals surface area contributed by atoms with E-state index in [1.54, 1.807) is 12.1 Å². The molecule has 0 N–H and O–H groups in total. The fourth-order valence-corrected chi connectivity index (χ4v) is 7.58. The quantitative estimate of drug-likeness (QED) is 0.344. The maximum absolute atomic E-state index is 13.9. The Kier molecular flexibility index (Phi) is 6.04. The molecule has 0 radical (unpaired) electrons. The number of hydrogen-bond donors (Lipinski definition) is 0. The summed E-state index contributed by atoms with van der Waals surface area (Å²) in [5.41, 5.74) is 1.08. The lowest BCUT2D eigenvalue weighted by molar-refractivity contribution is 0.393. The van der Waals surface area contributed by atoms with Crippen LogP contribution in [-0.4, -0.2) is 23.2 Å².